The van der Waals surface area contributed by atoms with Crippen molar-refractivity contribution in [1.29, 1.82) is 0 Å². The summed E-state index contributed by atoms with van der Waals surface area (Å²) in [6, 6.07) is 24.6. The van der Waals surface area contributed by atoms with Crippen molar-refractivity contribution in [2.75, 3.05) is 32.7 Å². The summed E-state index contributed by atoms with van der Waals surface area (Å²) in [4.78, 5) is 12.9. The molecular formula is C27H28O5S. The zero-order chi connectivity index (χ0) is 23.1. The van der Waals surface area contributed by atoms with Crippen LogP contribution in [-0.4, -0.2) is 38.7 Å². The van der Waals surface area contributed by atoms with Crippen molar-refractivity contribution < 1.29 is 23.7 Å². The fourth-order valence-electron chi connectivity index (χ4n) is 3.75. The SMILES string of the molecule is CCOC(=O)COC1(c2ccc(OCc3cccc(-c4ccccc4SC)c3)cc2)COC1. The van der Waals surface area contributed by atoms with Crippen molar-refractivity contribution in [2.45, 2.75) is 24.0 Å². The minimum absolute atomic E-state index is 0.0918. The van der Waals surface area contributed by atoms with Gasteiger partial charge < -0.3 is 18.9 Å². The largest absolute Gasteiger partial charge is 0.489 e. The third-order valence-electron chi connectivity index (χ3n) is 5.57. The van der Waals surface area contributed by atoms with Gasteiger partial charge in [-0.2, -0.15) is 0 Å². The summed E-state index contributed by atoms with van der Waals surface area (Å²) in [5, 5.41) is 0. The molecule has 1 aliphatic rings. The molecule has 0 aromatic heterocycles. The third kappa shape index (κ3) is 5.58. The first-order valence-electron chi connectivity index (χ1n) is 11.0. The number of carbonyl (C=O) groups excluding carboxylic acids is 1. The lowest BCUT2D eigenvalue weighted by molar-refractivity contribution is -0.221. The molecule has 1 fully saturated rings. The quantitative estimate of drug-likeness (QED) is 0.293. The first-order valence-corrected chi connectivity index (χ1v) is 12.2. The van der Waals surface area contributed by atoms with Gasteiger partial charge in [0.05, 0.1) is 19.8 Å². The number of benzene rings is 3. The van der Waals surface area contributed by atoms with E-state index in [-0.39, 0.29) is 12.6 Å². The predicted octanol–water partition coefficient (Wildman–Crippen LogP) is 5.46. The average molecular weight is 465 g/mol. The van der Waals surface area contributed by atoms with Gasteiger partial charge in [0.15, 0.2) is 0 Å². The molecule has 0 N–H and O–H groups in total. The van der Waals surface area contributed by atoms with Gasteiger partial charge in [0, 0.05) is 4.90 Å². The zero-order valence-electron chi connectivity index (χ0n) is 18.9. The van der Waals surface area contributed by atoms with Crippen LogP contribution in [0.5, 0.6) is 5.75 Å². The van der Waals surface area contributed by atoms with Gasteiger partial charge in [-0.1, -0.05) is 48.5 Å². The number of rotatable bonds is 10. The lowest BCUT2D eigenvalue weighted by Crippen LogP contribution is -2.49. The van der Waals surface area contributed by atoms with E-state index in [1.54, 1.807) is 18.7 Å². The number of carbonyl (C=O) groups is 1. The molecule has 3 aromatic carbocycles. The fourth-order valence-corrected chi connectivity index (χ4v) is 4.37. The monoisotopic (exact) mass is 464 g/mol. The minimum atomic E-state index is -0.607. The molecule has 1 saturated heterocycles. The highest BCUT2D eigenvalue weighted by Gasteiger charge is 2.42. The van der Waals surface area contributed by atoms with E-state index in [1.165, 1.54) is 16.0 Å². The summed E-state index contributed by atoms with van der Waals surface area (Å²) in [6.45, 7) is 3.32. The number of esters is 1. The molecule has 172 valence electrons. The highest BCUT2D eigenvalue weighted by Crippen LogP contribution is 2.35. The van der Waals surface area contributed by atoms with Gasteiger partial charge in [0.25, 0.3) is 0 Å². The van der Waals surface area contributed by atoms with Crippen molar-refractivity contribution in [3.8, 4) is 16.9 Å². The molecule has 1 heterocycles. The van der Waals surface area contributed by atoms with Crippen LogP contribution in [0.2, 0.25) is 0 Å². The predicted molar refractivity (Wildman–Crippen MR) is 130 cm³/mol. The van der Waals surface area contributed by atoms with Gasteiger partial charge in [-0.25, -0.2) is 4.79 Å². The van der Waals surface area contributed by atoms with Crippen LogP contribution in [-0.2, 0) is 31.2 Å². The van der Waals surface area contributed by atoms with Crippen molar-refractivity contribution in [2.24, 2.45) is 0 Å². The van der Waals surface area contributed by atoms with Crippen molar-refractivity contribution in [3.63, 3.8) is 0 Å². The fraction of sp³-hybridized carbons (Fsp3) is 0.296. The summed E-state index contributed by atoms with van der Waals surface area (Å²) in [7, 11) is 0. The standard InChI is InChI=1S/C27H28O5S/c1-3-30-26(28)17-32-27(18-29-19-27)22-11-13-23(14-12-22)31-16-20-7-6-8-21(15-20)24-9-4-5-10-25(24)33-2/h4-15H,3,16-19H2,1-2H3. The minimum Gasteiger partial charge on any atom is -0.489 e. The first-order chi connectivity index (χ1) is 16.1. The van der Waals surface area contributed by atoms with E-state index in [4.69, 9.17) is 18.9 Å². The molecule has 1 aliphatic heterocycles. The topological polar surface area (TPSA) is 54.0 Å². The van der Waals surface area contributed by atoms with Crippen LogP contribution in [0.1, 0.15) is 18.1 Å². The molecule has 0 saturated carbocycles. The molecule has 0 bridgehead atoms. The highest BCUT2D eigenvalue weighted by molar-refractivity contribution is 7.98. The molecule has 3 aromatic rings. The van der Waals surface area contributed by atoms with Crippen molar-refractivity contribution in [1.82, 2.24) is 0 Å². The smallest absolute Gasteiger partial charge is 0.332 e. The van der Waals surface area contributed by atoms with Crippen LogP contribution >= 0.6 is 11.8 Å². The Hall–Kier alpha value is -2.80. The summed E-state index contributed by atoms with van der Waals surface area (Å²) in [5.41, 5.74) is 3.87. The van der Waals surface area contributed by atoms with E-state index in [9.17, 15) is 4.79 Å². The van der Waals surface area contributed by atoms with E-state index in [1.807, 2.05) is 24.3 Å². The van der Waals surface area contributed by atoms with Gasteiger partial charge in [-0.05, 0) is 59.7 Å². The lowest BCUT2D eigenvalue weighted by atomic mass is 9.91. The van der Waals surface area contributed by atoms with Gasteiger partial charge >= 0.3 is 5.97 Å². The van der Waals surface area contributed by atoms with E-state index in [2.05, 4.69) is 54.8 Å². The highest BCUT2D eigenvalue weighted by atomic mass is 32.2. The Morgan fingerprint density at radius 3 is 2.52 bits per heavy atom. The lowest BCUT2D eigenvalue weighted by Gasteiger charge is -2.41. The Morgan fingerprint density at radius 1 is 1.03 bits per heavy atom. The third-order valence-corrected chi connectivity index (χ3v) is 6.37. The van der Waals surface area contributed by atoms with Crippen LogP contribution in [0.4, 0.5) is 0 Å². The molecule has 0 radical (unpaired) electrons. The summed E-state index contributed by atoms with van der Waals surface area (Å²) >= 11 is 1.75. The summed E-state index contributed by atoms with van der Waals surface area (Å²) in [5.74, 6) is 0.403. The van der Waals surface area contributed by atoms with Gasteiger partial charge in [0.2, 0.25) is 0 Å². The number of ether oxygens (including phenoxy) is 4. The second kappa shape index (κ2) is 10.9. The van der Waals surface area contributed by atoms with E-state index < -0.39 is 5.60 Å². The van der Waals surface area contributed by atoms with Gasteiger partial charge in [0.1, 0.15) is 24.6 Å². The van der Waals surface area contributed by atoms with E-state index in [0.717, 1.165) is 16.9 Å². The Balaban J connectivity index is 1.39. The van der Waals surface area contributed by atoms with Crippen LogP contribution in [0.15, 0.2) is 77.7 Å². The maximum atomic E-state index is 11.7. The molecule has 6 heteroatoms. The molecule has 0 spiro atoms. The second-order valence-corrected chi connectivity index (χ2v) is 8.64. The molecule has 0 unspecified atom stereocenters. The van der Waals surface area contributed by atoms with Gasteiger partial charge in [-0.3, -0.25) is 0 Å². The van der Waals surface area contributed by atoms with Crippen LogP contribution < -0.4 is 4.74 Å². The van der Waals surface area contributed by atoms with E-state index >= 15 is 0 Å². The molecular weight excluding hydrogens is 436 g/mol. The Labute approximate surface area is 199 Å². The van der Waals surface area contributed by atoms with Crippen LogP contribution in [0.3, 0.4) is 0 Å². The average Bonchev–Trinajstić information content (AvgIpc) is 2.83. The van der Waals surface area contributed by atoms with Gasteiger partial charge in [-0.15, -0.1) is 11.8 Å². The van der Waals surface area contributed by atoms with Crippen molar-refractivity contribution >= 4 is 17.7 Å². The normalized spacial score (nSPS) is 14.4. The molecule has 33 heavy (non-hydrogen) atoms. The number of thioether (sulfide) groups is 1. The molecule has 4 rings (SSSR count). The number of hydrogen-bond donors (Lipinski definition) is 0. The Bertz CT molecular complexity index is 1080. The second-order valence-electron chi connectivity index (χ2n) is 7.79. The first kappa shape index (κ1) is 23.4. The maximum absolute atomic E-state index is 11.7. The zero-order valence-corrected chi connectivity index (χ0v) is 19.7. The Kier molecular flexibility index (Phi) is 7.70. The van der Waals surface area contributed by atoms with Crippen LogP contribution in [0, 0.1) is 0 Å². The molecule has 0 amide bonds. The Morgan fingerprint density at radius 2 is 1.82 bits per heavy atom. The van der Waals surface area contributed by atoms with Crippen LogP contribution in [0.25, 0.3) is 11.1 Å². The van der Waals surface area contributed by atoms with E-state index in [0.29, 0.717) is 26.4 Å². The summed E-state index contributed by atoms with van der Waals surface area (Å²) < 4.78 is 22.2. The molecule has 0 aliphatic carbocycles. The maximum Gasteiger partial charge on any atom is 0.332 e. The number of hydrogen-bond acceptors (Lipinski definition) is 6. The van der Waals surface area contributed by atoms with Crippen molar-refractivity contribution in [3.05, 3.63) is 83.9 Å². The molecule has 5 nitrogen and oxygen atoms in total. The molecule has 0 atom stereocenters. The summed E-state index contributed by atoms with van der Waals surface area (Å²) in [6.07, 6.45) is 2.09.